The SMILES string of the molecule is Cc1ccc(CCCC(=O)N2CCSCC2)cc1. The molecule has 0 aromatic heterocycles. The van der Waals surface area contributed by atoms with E-state index in [1.807, 2.05) is 16.7 Å². The summed E-state index contributed by atoms with van der Waals surface area (Å²) in [5, 5.41) is 0. The van der Waals surface area contributed by atoms with E-state index in [2.05, 4.69) is 31.2 Å². The molecule has 3 heteroatoms. The normalized spacial score (nSPS) is 15.7. The van der Waals surface area contributed by atoms with Crippen LogP contribution in [0.3, 0.4) is 0 Å². The Labute approximate surface area is 114 Å². The minimum Gasteiger partial charge on any atom is -0.341 e. The van der Waals surface area contributed by atoms with Crippen molar-refractivity contribution in [3.05, 3.63) is 35.4 Å². The first kappa shape index (κ1) is 13.5. The molecule has 1 aliphatic rings. The molecule has 1 saturated heterocycles. The number of carbonyl (C=O) groups is 1. The van der Waals surface area contributed by atoms with Crippen LogP contribution in [0.5, 0.6) is 0 Å². The molecular formula is C15H21NOS. The molecule has 2 rings (SSSR count). The highest BCUT2D eigenvalue weighted by molar-refractivity contribution is 7.99. The third-order valence-corrected chi connectivity index (χ3v) is 4.28. The number of thioether (sulfide) groups is 1. The van der Waals surface area contributed by atoms with Crippen LogP contribution in [0.15, 0.2) is 24.3 Å². The molecule has 1 aliphatic heterocycles. The lowest BCUT2D eigenvalue weighted by molar-refractivity contribution is -0.130. The Morgan fingerprint density at radius 2 is 1.89 bits per heavy atom. The van der Waals surface area contributed by atoms with E-state index < -0.39 is 0 Å². The molecule has 0 spiro atoms. The summed E-state index contributed by atoms with van der Waals surface area (Å²) in [6, 6.07) is 8.60. The Bertz CT molecular complexity index is 382. The second-order valence-corrected chi connectivity index (χ2v) is 6.06. The van der Waals surface area contributed by atoms with E-state index in [0.717, 1.165) is 37.4 Å². The molecular weight excluding hydrogens is 242 g/mol. The van der Waals surface area contributed by atoms with Gasteiger partial charge in [-0.25, -0.2) is 0 Å². The standard InChI is InChI=1S/C15H21NOS/c1-13-5-7-14(8-6-13)3-2-4-15(17)16-9-11-18-12-10-16/h5-8H,2-4,9-12H2,1H3. The minimum atomic E-state index is 0.336. The zero-order valence-electron chi connectivity index (χ0n) is 11.0. The van der Waals surface area contributed by atoms with E-state index in [1.54, 1.807) is 0 Å². The van der Waals surface area contributed by atoms with Crippen molar-refractivity contribution in [3.8, 4) is 0 Å². The third-order valence-electron chi connectivity index (χ3n) is 3.34. The van der Waals surface area contributed by atoms with Gasteiger partial charge in [0.05, 0.1) is 0 Å². The molecule has 2 nitrogen and oxygen atoms in total. The largest absolute Gasteiger partial charge is 0.341 e. The van der Waals surface area contributed by atoms with Gasteiger partial charge in [0.15, 0.2) is 0 Å². The maximum atomic E-state index is 12.0. The average Bonchev–Trinajstić information content (AvgIpc) is 2.42. The average molecular weight is 263 g/mol. The van der Waals surface area contributed by atoms with Gasteiger partial charge < -0.3 is 4.90 Å². The summed E-state index contributed by atoms with van der Waals surface area (Å²) in [4.78, 5) is 14.0. The molecule has 0 N–H and O–H groups in total. The summed E-state index contributed by atoms with van der Waals surface area (Å²) in [7, 11) is 0. The number of benzene rings is 1. The highest BCUT2D eigenvalue weighted by Gasteiger charge is 2.15. The smallest absolute Gasteiger partial charge is 0.222 e. The molecule has 0 atom stereocenters. The summed E-state index contributed by atoms with van der Waals surface area (Å²) in [5.74, 6) is 2.54. The number of rotatable bonds is 4. The molecule has 1 fully saturated rings. The van der Waals surface area contributed by atoms with Gasteiger partial charge in [-0.3, -0.25) is 4.79 Å². The van der Waals surface area contributed by atoms with Crippen LogP contribution in [-0.4, -0.2) is 35.4 Å². The van der Waals surface area contributed by atoms with Crippen LogP contribution in [0, 0.1) is 6.92 Å². The lowest BCUT2D eigenvalue weighted by atomic mass is 10.1. The molecule has 1 aromatic rings. The van der Waals surface area contributed by atoms with Gasteiger partial charge in [0.25, 0.3) is 0 Å². The number of hydrogen-bond donors (Lipinski definition) is 0. The summed E-state index contributed by atoms with van der Waals surface area (Å²) in [6.07, 6.45) is 2.67. The Kier molecular flexibility index (Phi) is 5.12. The van der Waals surface area contributed by atoms with Crippen molar-refractivity contribution < 1.29 is 4.79 Å². The minimum absolute atomic E-state index is 0.336. The Hall–Kier alpha value is -0.960. The van der Waals surface area contributed by atoms with Crippen molar-refractivity contribution >= 4 is 17.7 Å². The maximum absolute atomic E-state index is 12.0. The lowest BCUT2D eigenvalue weighted by Gasteiger charge is -2.26. The van der Waals surface area contributed by atoms with Gasteiger partial charge in [0, 0.05) is 31.0 Å². The highest BCUT2D eigenvalue weighted by Crippen LogP contribution is 2.12. The van der Waals surface area contributed by atoms with Crippen LogP contribution in [0.1, 0.15) is 24.0 Å². The van der Waals surface area contributed by atoms with Crippen LogP contribution in [0.2, 0.25) is 0 Å². The second kappa shape index (κ2) is 6.83. The molecule has 18 heavy (non-hydrogen) atoms. The van der Waals surface area contributed by atoms with Gasteiger partial charge in [-0.1, -0.05) is 29.8 Å². The monoisotopic (exact) mass is 263 g/mol. The van der Waals surface area contributed by atoms with Gasteiger partial charge >= 0.3 is 0 Å². The van der Waals surface area contributed by atoms with E-state index in [-0.39, 0.29) is 0 Å². The first-order valence-electron chi connectivity index (χ1n) is 6.67. The summed E-state index contributed by atoms with van der Waals surface area (Å²) in [5.41, 5.74) is 2.63. The number of hydrogen-bond acceptors (Lipinski definition) is 2. The van der Waals surface area contributed by atoms with Gasteiger partial charge in [0.2, 0.25) is 5.91 Å². The van der Waals surface area contributed by atoms with Gasteiger partial charge in [-0.05, 0) is 25.3 Å². The van der Waals surface area contributed by atoms with Crippen LogP contribution in [0.4, 0.5) is 0 Å². The molecule has 1 aromatic carbocycles. The first-order valence-corrected chi connectivity index (χ1v) is 7.82. The lowest BCUT2D eigenvalue weighted by Crippen LogP contribution is -2.37. The Morgan fingerprint density at radius 1 is 1.22 bits per heavy atom. The summed E-state index contributed by atoms with van der Waals surface area (Å²) < 4.78 is 0. The molecule has 0 radical (unpaired) electrons. The van der Waals surface area contributed by atoms with Gasteiger partial charge in [0.1, 0.15) is 0 Å². The van der Waals surface area contributed by atoms with Crippen LogP contribution < -0.4 is 0 Å². The van der Waals surface area contributed by atoms with Crippen LogP contribution in [0.25, 0.3) is 0 Å². The number of nitrogens with zero attached hydrogens (tertiary/aromatic N) is 1. The third kappa shape index (κ3) is 4.05. The zero-order valence-corrected chi connectivity index (χ0v) is 11.8. The molecule has 1 amide bonds. The number of carbonyl (C=O) groups excluding carboxylic acids is 1. The van der Waals surface area contributed by atoms with Crippen molar-refractivity contribution in [2.45, 2.75) is 26.2 Å². The van der Waals surface area contributed by atoms with E-state index in [1.165, 1.54) is 11.1 Å². The molecule has 98 valence electrons. The zero-order chi connectivity index (χ0) is 12.8. The highest BCUT2D eigenvalue weighted by atomic mass is 32.2. The number of amides is 1. The fourth-order valence-corrected chi connectivity index (χ4v) is 3.07. The van der Waals surface area contributed by atoms with E-state index in [0.29, 0.717) is 12.3 Å². The fraction of sp³-hybridized carbons (Fsp3) is 0.533. The van der Waals surface area contributed by atoms with Crippen LogP contribution in [-0.2, 0) is 11.2 Å². The van der Waals surface area contributed by atoms with Crippen molar-refractivity contribution in [3.63, 3.8) is 0 Å². The van der Waals surface area contributed by atoms with Crippen LogP contribution >= 0.6 is 11.8 Å². The summed E-state index contributed by atoms with van der Waals surface area (Å²) >= 11 is 1.94. The van der Waals surface area contributed by atoms with E-state index in [4.69, 9.17) is 0 Å². The van der Waals surface area contributed by atoms with Crippen molar-refractivity contribution in [1.82, 2.24) is 4.90 Å². The van der Waals surface area contributed by atoms with E-state index >= 15 is 0 Å². The van der Waals surface area contributed by atoms with Crippen molar-refractivity contribution in [2.24, 2.45) is 0 Å². The van der Waals surface area contributed by atoms with Gasteiger partial charge in [-0.15, -0.1) is 0 Å². The second-order valence-electron chi connectivity index (χ2n) is 4.83. The topological polar surface area (TPSA) is 20.3 Å². The molecule has 1 heterocycles. The first-order chi connectivity index (χ1) is 8.75. The van der Waals surface area contributed by atoms with Gasteiger partial charge in [-0.2, -0.15) is 11.8 Å². The molecule has 0 unspecified atom stereocenters. The molecule has 0 aliphatic carbocycles. The Balaban J connectivity index is 1.71. The van der Waals surface area contributed by atoms with Crippen molar-refractivity contribution in [1.29, 1.82) is 0 Å². The molecule has 0 bridgehead atoms. The fourth-order valence-electron chi connectivity index (χ4n) is 2.17. The van der Waals surface area contributed by atoms with Crippen molar-refractivity contribution in [2.75, 3.05) is 24.6 Å². The number of aryl methyl sites for hydroxylation is 2. The van der Waals surface area contributed by atoms with E-state index in [9.17, 15) is 4.79 Å². The molecule has 0 saturated carbocycles. The Morgan fingerprint density at radius 3 is 2.56 bits per heavy atom. The summed E-state index contributed by atoms with van der Waals surface area (Å²) in [6.45, 7) is 3.98. The quantitative estimate of drug-likeness (QED) is 0.832. The maximum Gasteiger partial charge on any atom is 0.222 e. The predicted molar refractivity (Wildman–Crippen MR) is 78.0 cm³/mol. The predicted octanol–water partition coefficient (Wildman–Crippen LogP) is 2.89.